The Morgan fingerprint density at radius 2 is 2.23 bits per heavy atom. The van der Waals surface area contributed by atoms with Gasteiger partial charge in [0, 0.05) is 24.4 Å². The Kier molecular flexibility index (Phi) is 4.56. The van der Waals surface area contributed by atoms with Crippen molar-refractivity contribution in [2.75, 3.05) is 39.5 Å². The van der Waals surface area contributed by atoms with Crippen molar-refractivity contribution in [2.45, 2.75) is 24.5 Å². The zero-order chi connectivity index (χ0) is 9.73. The van der Waals surface area contributed by atoms with Crippen molar-refractivity contribution in [1.29, 1.82) is 0 Å². The predicted molar refractivity (Wildman–Crippen MR) is 61.5 cm³/mol. The fourth-order valence-corrected chi connectivity index (χ4v) is 2.91. The van der Waals surface area contributed by atoms with Gasteiger partial charge in [0.15, 0.2) is 0 Å². The van der Waals surface area contributed by atoms with Gasteiger partial charge in [-0.1, -0.05) is 0 Å². The highest BCUT2D eigenvalue weighted by atomic mass is 32.2. The van der Waals surface area contributed by atoms with Crippen LogP contribution >= 0.6 is 11.8 Å². The summed E-state index contributed by atoms with van der Waals surface area (Å²) in [6.45, 7) is 5.81. The van der Waals surface area contributed by atoms with Crippen molar-refractivity contribution < 1.29 is 0 Å². The number of rotatable bonds is 5. The van der Waals surface area contributed by atoms with Gasteiger partial charge in [-0.2, -0.15) is 11.8 Å². The maximum atomic E-state index is 3.54. The topological polar surface area (TPSA) is 15.3 Å². The SMILES string of the molecule is CN(C)CCNCC1(C)CCCS1. The summed E-state index contributed by atoms with van der Waals surface area (Å²) in [6.07, 6.45) is 2.78. The molecule has 1 saturated heterocycles. The van der Waals surface area contributed by atoms with Crippen molar-refractivity contribution in [2.24, 2.45) is 0 Å². The normalized spacial score (nSPS) is 28.6. The van der Waals surface area contributed by atoms with Gasteiger partial charge in [0.2, 0.25) is 0 Å². The fourth-order valence-electron chi connectivity index (χ4n) is 1.63. The van der Waals surface area contributed by atoms with Crippen LogP contribution in [0.25, 0.3) is 0 Å². The molecule has 1 atom stereocenters. The highest BCUT2D eigenvalue weighted by molar-refractivity contribution is 8.00. The van der Waals surface area contributed by atoms with Crippen molar-refractivity contribution in [3.05, 3.63) is 0 Å². The molecule has 0 saturated carbocycles. The molecule has 1 heterocycles. The molecule has 1 fully saturated rings. The van der Waals surface area contributed by atoms with Gasteiger partial charge in [-0.15, -0.1) is 0 Å². The van der Waals surface area contributed by atoms with Crippen molar-refractivity contribution in [3.63, 3.8) is 0 Å². The molecule has 13 heavy (non-hydrogen) atoms. The fraction of sp³-hybridized carbons (Fsp3) is 1.00. The highest BCUT2D eigenvalue weighted by Gasteiger charge is 2.28. The Balaban J connectivity index is 2.04. The van der Waals surface area contributed by atoms with E-state index in [0.717, 1.165) is 13.1 Å². The van der Waals surface area contributed by atoms with Crippen molar-refractivity contribution >= 4 is 11.8 Å². The second kappa shape index (κ2) is 5.23. The van der Waals surface area contributed by atoms with E-state index < -0.39 is 0 Å². The third kappa shape index (κ3) is 4.34. The molecule has 0 aromatic rings. The summed E-state index contributed by atoms with van der Waals surface area (Å²) in [7, 11) is 4.24. The minimum absolute atomic E-state index is 0.520. The van der Waals surface area contributed by atoms with E-state index >= 15 is 0 Å². The minimum atomic E-state index is 0.520. The zero-order valence-corrected chi connectivity index (χ0v) is 9.91. The molecule has 0 aromatic carbocycles. The van der Waals surface area contributed by atoms with E-state index in [4.69, 9.17) is 0 Å². The molecule has 0 spiro atoms. The number of nitrogens with one attached hydrogen (secondary N) is 1. The average molecular weight is 202 g/mol. The molecule has 78 valence electrons. The van der Waals surface area contributed by atoms with E-state index in [1.807, 2.05) is 0 Å². The van der Waals surface area contributed by atoms with Gasteiger partial charge in [-0.3, -0.25) is 0 Å². The van der Waals surface area contributed by atoms with Gasteiger partial charge in [-0.25, -0.2) is 0 Å². The molecule has 0 bridgehead atoms. The molecule has 3 heteroatoms. The first kappa shape index (κ1) is 11.3. The second-order valence-electron chi connectivity index (χ2n) is 4.38. The molecular formula is C10H22N2S. The van der Waals surface area contributed by atoms with Gasteiger partial charge < -0.3 is 10.2 Å². The Labute approximate surface area is 86.5 Å². The molecule has 1 aliphatic rings. The summed E-state index contributed by atoms with van der Waals surface area (Å²) in [5.74, 6) is 1.35. The summed E-state index contributed by atoms with van der Waals surface area (Å²) in [5, 5.41) is 3.54. The Hall–Kier alpha value is 0.270. The smallest absolute Gasteiger partial charge is 0.0256 e. The van der Waals surface area contributed by atoms with Crippen LogP contribution in [0.1, 0.15) is 19.8 Å². The van der Waals surface area contributed by atoms with Gasteiger partial charge in [0.05, 0.1) is 0 Å². The number of likely N-dealkylation sites (N-methyl/N-ethyl adjacent to an activating group) is 1. The molecule has 0 aliphatic carbocycles. The first-order valence-electron chi connectivity index (χ1n) is 5.12. The van der Waals surface area contributed by atoms with E-state index in [2.05, 4.69) is 43.0 Å². The monoisotopic (exact) mass is 202 g/mol. The van der Waals surface area contributed by atoms with Crippen molar-refractivity contribution in [1.82, 2.24) is 10.2 Å². The lowest BCUT2D eigenvalue weighted by Gasteiger charge is -2.23. The quantitative estimate of drug-likeness (QED) is 0.679. The summed E-state index contributed by atoms with van der Waals surface area (Å²) >= 11 is 2.13. The number of nitrogens with zero attached hydrogens (tertiary/aromatic N) is 1. The van der Waals surface area contributed by atoms with Gasteiger partial charge in [0.25, 0.3) is 0 Å². The lowest BCUT2D eigenvalue weighted by atomic mass is 10.1. The number of thioether (sulfide) groups is 1. The molecule has 2 nitrogen and oxygen atoms in total. The van der Waals surface area contributed by atoms with Crippen LogP contribution < -0.4 is 5.32 Å². The van der Waals surface area contributed by atoms with E-state index in [9.17, 15) is 0 Å². The maximum Gasteiger partial charge on any atom is 0.0256 e. The Bertz CT molecular complexity index is 142. The van der Waals surface area contributed by atoms with Gasteiger partial charge in [-0.05, 0) is 39.6 Å². The lowest BCUT2D eigenvalue weighted by molar-refractivity contribution is 0.393. The van der Waals surface area contributed by atoms with Crippen LogP contribution in [0.5, 0.6) is 0 Å². The summed E-state index contributed by atoms with van der Waals surface area (Å²) in [6, 6.07) is 0. The molecule has 0 radical (unpaired) electrons. The molecule has 0 aromatic heterocycles. The summed E-state index contributed by atoms with van der Waals surface area (Å²) in [4.78, 5) is 2.22. The minimum Gasteiger partial charge on any atom is -0.314 e. The first-order valence-corrected chi connectivity index (χ1v) is 6.10. The van der Waals surface area contributed by atoms with Crippen LogP contribution in [0.3, 0.4) is 0 Å². The lowest BCUT2D eigenvalue weighted by Crippen LogP contribution is -2.36. The highest BCUT2D eigenvalue weighted by Crippen LogP contribution is 2.36. The van der Waals surface area contributed by atoms with E-state index in [1.54, 1.807) is 0 Å². The third-order valence-electron chi connectivity index (χ3n) is 2.54. The Morgan fingerprint density at radius 3 is 2.77 bits per heavy atom. The van der Waals surface area contributed by atoms with Crippen LogP contribution in [0.15, 0.2) is 0 Å². The van der Waals surface area contributed by atoms with Crippen LogP contribution in [0.2, 0.25) is 0 Å². The van der Waals surface area contributed by atoms with Crippen LogP contribution in [0, 0.1) is 0 Å². The maximum absolute atomic E-state index is 3.54. The second-order valence-corrected chi connectivity index (χ2v) is 6.06. The molecule has 1 unspecified atom stereocenters. The predicted octanol–water partition coefficient (Wildman–Crippen LogP) is 1.42. The summed E-state index contributed by atoms with van der Waals surface area (Å²) < 4.78 is 0.520. The largest absolute Gasteiger partial charge is 0.314 e. The molecule has 0 amide bonds. The molecular weight excluding hydrogens is 180 g/mol. The zero-order valence-electron chi connectivity index (χ0n) is 9.10. The molecule has 1 rings (SSSR count). The first-order chi connectivity index (χ1) is 6.12. The van der Waals surface area contributed by atoms with Crippen LogP contribution in [0.4, 0.5) is 0 Å². The van der Waals surface area contributed by atoms with Crippen molar-refractivity contribution in [3.8, 4) is 0 Å². The van der Waals surface area contributed by atoms with Gasteiger partial charge in [0.1, 0.15) is 0 Å². The Morgan fingerprint density at radius 1 is 1.46 bits per heavy atom. The summed E-state index contributed by atoms with van der Waals surface area (Å²) in [5.41, 5.74) is 0. The number of hydrogen-bond acceptors (Lipinski definition) is 3. The van der Waals surface area contributed by atoms with E-state index in [0.29, 0.717) is 4.75 Å². The van der Waals surface area contributed by atoms with E-state index in [1.165, 1.54) is 25.1 Å². The van der Waals surface area contributed by atoms with Gasteiger partial charge >= 0.3 is 0 Å². The third-order valence-corrected chi connectivity index (χ3v) is 4.07. The number of hydrogen-bond donors (Lipinski definition) is 1. The molecule has 1 aliphatic heterocycles. The van der Waals surface area contributed by atoms with Crippen LogP contribution in [-0.4, -0.2) is 49.1 Å². The van der Waals surface area contributed by atoms with E-state index in [-0.39, 0.29) is 0 Å². The average Bonchev–Trinajstić information content (AvgIpc) is 2.47. The standard InChI is InChI=1S/C10H22N2S/c1-10(5-4-8-13-10)9-11-6-7-12(2)3/h11H,4-9H2,1-3H3. The molecule has 1 N–H and O–H groups in total. The van der Waals surface area contributed by atoms with Crippen LogP contribution in [-0.2, 0) is 0 Å².